The fourth-order valence-electron chi connectivity index (χ4n) is 2.18. The van der Waals surface area contributed by atoms with Crippen molar-refractivity contribution in [1.82, 2.24) is 14.8 Å². The number of hydrogen-bond acceptors (Lipinski definition) is 5. The lowest BCUT2D eigenvalue weighted by molar-refractivity contribution is 0.0840. The molecule has 24 heavy (non-hydrogen) atoms. The van der Waals surface area contributed by atoms with Crippen LogP contribution in [-0.4, -0.2) is 34.4 Å². The van der Waals surface area contributed by atoms with Gasteiger partial charge in [0.1, 0.15) is 5.75 Å². The molecule has 0 fully saturated rings. The third kappa shape index (κ3) is 4.57. The number of aromatic nitrogens is 3. The van der Waals surface area contributed by atoms with Gasteiger partial charge in [-0.1, -0.05) is 27.7 Å². The molecule has 0 N–H and O–H groups in total. The van der Waals surface area contributed by atoms with Gasteiger partial charge < -0.3 is 9.47 Å². The van der Waals surface area contributed by atoms with Crippen LogP contribution in [0.2, 0.25) is 0 Å². The van der Waals surface area contributed by atoms with Crippen molar-refractivity contribution >= 4 is 5.91 Å². The molecule has 0 atom stereocenters. The Morgan fingerprint density at radius 3 is 2.42 bits per heavy atom. The zero-order valence-electron chi connectivity index (χ0n) is 15.0. The molecule has 2 aromatic rings. The van der Waals surface area contributed by atoms with E-state index in [9.17, 15) is 4.79 Å². The highest BCUT2D eigenvalue weighted by molar-refractivity contribution is 5.82. The maximum absolute atomic E-state index is 12.6. The summed E-state index contributed by atoms with van der Waals surface area (Å²) >= 11 is 0. The smallest absolute Gasteiger partial charge is 0.336 e. The standard InChI is InChI=1S/C18H25N3O3/c1-6-11-24-17-19-16(13-7-9-14(23-5)10-8-13)21(20-17)15(22)12-18(2,3)4/h7-10H,6,11-12H2,1-5H3. The summed E-state index contributed by atoms with van der Waals surface area (Å²) in [5.41, 5.74) is 0.655. The number of rotatable bonds is 6. The first-order valence-electron chi connectivity index (χ1n) is 8.11. The molecule has 6 nitrogen and oxygen atoms in total. The minimum atomic E-state index is -0.134. The predicted molar refractivity (Wildman–Crippen MR) is 92.5 cm³/mol. The second kappa shape index (κ2) is 7.47. The highest BCUT2D eigenvalue weighted by Crippen LogP contribution is 2.25. The molecule has 0 aliphatic rings. The Kier molecular flexibility index (Phi) is 5.59. The molecule has 0 aliphatic carbocycles. The van der Waals surface area contributed by atoms with Crippen molar-refractivity contribution in [3.05, 3.63) is 24.3 Å². The molecule has 1 aromatic heterocycles. The summed E-state index contributed by atoms with van der Waals surface area (Å²) in [4.78, 5) is 17.0. The first kappa shape index (κ1) is 18.0. The van der Waals surface area contributed by atoms with E-state index in [1.54, 1.807) is 7.11 Å². The molecule has 1 heterocycles. The van der Waals surface area contributed by atoms with Crippen LogP contribution in [0.1, 0.15) is 45.3 Å². The molecule has 130 valence electrons. The van der Waals surface area contributed by atoms with Crippen molar-refractivity contribution < 1.29 is 14.3 Å². The first-order chi connectivity index (χ1) is 11.3. The van der Waals surface area contributed by atoms with Crippen LogP contribution >= 0.6 is 0 Å². The van der Waals surface area contributed by atoms with Gasteiger partial charge >= 0.3 is 6.01 Å². The number of carbonyl (C=O) groups is 1. The van der Waals surface area contributed by atoms with Crippen LogP contribution in [0.15, 0.2) is 24.3 Å². The van der Waals surface area contributed by atoms with Crippen LogP contribution in [-0.2, 0) is 0 Å². The molecular weight excluding hydrogens is 306 g/mol. The van der Waals surface area contributed by atoms with Gasteiger partial charge in [-0.3, -0.25) is 4.79 Å². The fourth-order valence-corrected chi connectivity index (χ4v) is 2.18. The van der Waals surface area contributed by atoms with Gasteiger partial charge in [-0.25, -0.2) is 0 Å². The normalized spacial score (nSPS) is 11.4. The highest BCUT2D eigenvalue weighted by atomic mass is 16.5. The summed E-state index contributed by atoms with van der Waals surface area (Å²) in [5, 5.41) is 4.25. The molecule has 0 saturated carbocycles. The van der Waals surface area contributed by atoms with E-state index in [1.165, 1.54) is 4.68 Å². The molecule has 0 bridgehead atoms. The van der Waals surface area contributed by atoms with Crippen LogP contribution in [0.5, 0.6) is 11.8 Å². The summed E-state index contributed by atoms with van der Waals surface area (Å²) in [6.07, 6.45) is 1.22. The van der Waals surface area contributed by atoms with Crippen molar-refractivity contribution in [2.45, 2.75) is 40.5 Å². The summed E-state index contributed by atoms with van der Waals surface area (Å²) in [6.45, 7) is 8.57. The zero-order chi connectivity index (χ0) is 17.7. The SMILES string of the molecule is CCCOc1nc(-c2ccc(OC)cc2)n(C(=O)CC(C)(C)C)n1. The van der Waals surface area contributed by atoms with E-state index in [2.05, 4.69) is 10.1 Å². The van der Waals surface area contributed by atoms with Crippen LogP contribution < -0.4 is 9.47 Å². The molecule has 2 rings (SSSR count). The monoisotopic (exact) mass is 331 g/mol. The molecular formula is C18H25N3O3. The molecule has 0 spiro atoms. The molecule has 0 saturated heterocycles. The van der Waals surface area contributed by atoms with E-state index < -0.39 is 0 Å². The Hall–Kier alpha value is -2.37. The van der Waals surface area contributed by atoms with Gasteiger partial charge in [0.05, 0.1) is 13.7 Å². The Bertz CT molecular complexity index is 685. The molecule has 6 heteroatoms. The second-order valence-corrected chi connectivity index (χ2v) is 6.84. The van der Waals surface area contributed by atoms with Crippen molar-refractivity contribution in [2.75, 3.05) is 13.7 Å². The average Bonchev–Trinajstić information content (AvgIpc) is 2.96. The van der Waals surface area contributed by atoms with Gasteiger partial charge in [-0.05, 0) is 36.1 Å². The highest BCUT2D eigenvalue weighted by Gasteiger charge is 2.23. The molecule has 0 radical (unpaired) electrons. The van der Waals surface area contributed by atoms with Crippen LogP contribution in [0.25, 0.3) is 11.4 Å². The van der Waals surface area contributed by atoms with Gasteiger partial charge in [0, 0.05) is 12.0 Å². The maximum atomic E-state index is 12.6. The molecule has 1 aromatic carbocycles. The van der Waals surface area contributed by atoms with Gasteiger partial charge in [0.2, 0.25) is 5.91 Å². The molecule has 0 unspecified atom stereocenters. The van der Waals surface area contributed by atoms with E-state index in [1.807, 2.05) is 52.0 Å². The van der Waals surface area contributed by atoms with E-state index in [4.69, 9.17) is 9.47 Å². The minimum Gasteiger partial charge on any atom is -0.497 e. The second-order valence-electron chi connectivity index (χ2n) is 6.84. The summed E-state index contributed by atoms with van der Waals surface area (Å²) in [5.74, 6) is 1.12. The third-order valence-corrected chi connectivity index (χ3v) is 3.29. The number of ether oxygens (including phenoxy) is 2. The predicted octanol–water partition coefficient (Wildman–Crippen LogP) is 3.82. The number of hydrogen-bond donors (Lipinski definition) is 0. The number of benzene rings is 1. The maximum Gasteiger partial charge on any atom is 0.336 e. The molecule has 0 amide bonds. The summed E-state index contributed by atoms with van der Waals surface area (Å²) < 4.78 is 12.0. The summed E-state index contributed by atoms with van der Waals surface area (Å²) in [7, 11) is 1.61. The Labute approximate surface area is 142 Å². The van der Waals surface area contributed by atoms with Gasteiger partial charge in [-0.15, -0.1) is 5.10 Å². The van der Waals surface area contributed by atoms with Gasteiger partial charge in [0.25, 0.3) is 0 Å². The van der Waals surface area contributed by atoms with Crippen molar-refractivity contribution in [2.24, 2.45) is 5.41 Å². The third-order valence-electron chi connectivity index (χ3n) is 3.29. The number of nitrogens with zero attached hydrogens (tertiary/aromatic N) is 3. The van der Waals surface area contributed by atoms with Crippen LogP contribution in [0, 0.1) is 5.41 Å². The lowest BCUT2D eigenvalue weighted by Crippen LogP contribution is -2.21. The van der Waals surface area contributed by atoms with Crippen molar-refractivity contribution in [1.29, 1.82) is 0 Å². The Balaban J connectivity index is 2.39. The number of carbonyl (C=O) groups excluding carboxylic acids is 1. The van der Waals surface area contributed by atoms with Gasteiger partial charge in [-0.2, -0.15) is 9.67 Å². The van der Waals surface area contributed by atoms with Gasteiger partial charge in [0.15, 0.2) is 5.82 Å². The first-order valence-corrected chi connectivity index (χ1v) is 8.11. The minimum absolute atomic E-state index is 0.104. The topological polar surface area (TPSA) is 66.2 Å². The van der Waals surface area contributed by atoms with E-state index in [0.29, 0.717) is 18.9 Å². The quantitative estimate of drug-likeness (QED) is 0.805. The van der Waals surface area contributed by atoms with Crippen LogP contribution in [0.4, 0.5) is 0 Å². The zero-order valence-corrected chi connectivity index (χ0v) is 15.0. The van der Waals surface area contributed by atoms with E-state index >= 15 is 0 Å². The number of methoxy groups -OCH3 is 1. The van der Waals surface area contributed by atoms with E-state index in [0.717, 1.165) is 17.7 Å². The average molecular weight is 331 g/mol. The Morgan fingerprint density at radius 1 is 1.21 bits per heavy atom. The molecule has 0 aliphatic heterocycles. The van der Waals surface area contributed by atoms with E-state index in [-0.39, 0.29) is 17.3 Å². The fraction of sp³-hybridized carbons (Fsp3) is 0.500. The lowest BCUT2D eigenvalue weighted by Gasteiger charge is -2.16. The Morgan fingerprint density at radius 2 is 1.88 bits per heavy atom. The lowest BCUT2D eigenvalue weighted by atomic mass is 9.92. The van der Waals surface area contributed by atoms with Crippen molar-refractivity contribution in [3.63, 3.8) is 0 Å². The largest absolute Gasteiger partial charge is 0.497 e. The van der Waals surface area contributed by atoms with Crippen molar-refractivity contribution in [3.8, 4) is 23.1 Å². The van der Waals surface area contributed by atoms with Crippen LogP contribution in [0.3, 0.4) is 0 Å². The summed E-state index contributed by atoms with van der Waals surface area (Å²) in [6, 6.07) is 7.59.